The second kappa shape index (κ2) is 5.75. The third-order valence-corrected chi connectivity index (χ3v) is 2.53. The molecule has 0 radical (unpaired) electrons. The molecule has 0 aliphatic rings. The summed E-state index contributed by atoms with van der Waals surface area (Å²) in [6.07, 6.45) is 0. The molecule has 0 aromatic heterocycles. The zero-order valence-electron chi connectivity index (χ0n) is 10.3. The van der Waals surface area contributed by atoms with Crippen LogP contribution in [0.1, 0.15) is 20.8 Å². The fourth-order valence-electron chi connectivity index (χ4n) is 1.09. The summed E-state index contributed by atoms with van der Waals surface area (Å²) in [6, 6.07) is 1.87. The van der Waals surface area contributed by atoms with Gasteiger partial charge in [0.05, 0.1) is 15.8 Å². The number of carbonyl (C=O) groups is 1. The maximum atomic E-state index is 13.4. The Morgan fingerprint density at radius 1 is 1.33 bits per heavy atom. The maximum Gasteiger partial charge on any atom is 0.250 e. The predicted octanol–water partition coefficient (Wildman–Crippen LogP) is 3.48. The van der Waals surface area contributed by atoms with Crippen molar-refractivity contribution in [2.24, 2.45) is 0 Å². The second-order valence-corrected chi connectivity index (χ2v) is 5.55. The average molecular weight is 322 g/mol. The topological polar surface area (TPSA) is 38.3 Å². The minimum absolute atomic E-state index is 0.00365. The van der Waals surface area contributed by atoms with Crippen LogP contribution in [0.4, 0.5) is 14.5 Å². The molecule has 0 unspecified atom stereocenters. The molecule has 0 saturated heterocycles. The van der Waals surface area contributed by atoms with Crippen LogP contribution in [0, 0.1) is 11.6 Å². The molecule has 0 fully saturated rings. The van der Waals surface area contributed by atoms with Crippen molar-refractivity contribution in [2.75, 3.05) is 11.9 Å². The summed E-state index contributed by atoms with van der Waals surface area (Å²) < 4.78 is 31.8. The summed E-state index contributed by atoms with van der Waals surface area (Å²) in [5.74, 6) is -1.90. The van der Waals surface area contributed by atoms with E-state index in [2.05, 4.69) is 21.2 Å². The van der Waals surface area contributed by atoms with E-state index in [1.54, 1.807) is 20.8 Å². The Bertz CT molecular complexity index is 458. The maximum absolute atomic E-state index is 13.4. The molecule has 0 saturated carbocycles. The van der Waals surface area contributed by atoms with E-state index in [0.29, 0.717) is 0 Å². The van der Waals surface area contributed by atoms with E-state index in [-0.39, 0.29) is 16.8 Å². The molecule has 0 spiro atoms. The van der Waals surface area contributed by atoms with Crippen molar-refractivity contribution in [3.63, 3.8) is 0 Å². The van der Waals surface area contributed by atoms with Crippen LogP contribution in [0.5, 0.6) is 0 Å². The predicted molar refractivity (Wildman–Crippen MR) is 68.4 cm³/mol. The van der Waals surface area contributed by atoms with Gasteiger partial charge in [-0.15, -0.1) is 0 Å². The molecule has 1 rings (SSSR count). The molecule has 0 heterocycles. The highest BCUT2D eigenvalue weighted by molar-refractivity contribution is 9.10. The minimum Gasteiger partial charge on any atom is -0.366 e. The lowest BCUT2D eigenvalue weighted by Crippen LogP contribution is -2.27. The van der Waals surface area contributed by atoms with Crippen LogP contribution in [0.25, 0.3) is 0 Å². The van der Waals surface area contributed by atoms with Gasteiger partial charge in [-0.2, -0.15) is 0 Å². The van der Waals surface area contributed by atoms with Crippen molar-refractivity contribution >= 4 is 27.5 Å². The molecule has 0 bridgehead atoms. The molecule has 1 amide bonds. The fraction of sp³-hybridized carbons (Fsp3) is 0.417. The number of halogens is 3. The zero-order chi connectivity index (χ0) is 13.9. The molecule has 1 aromatic carbocycles. The molecule has 0 aliphatic carbocycles. The average Bonchev–Trinajstić information content (AvgIpc) is 2.22. The highest BCUT2D eigenvalue weighted by Crippen LogP contribution is 2.23. The first-order valence-corrected chi connectivity index (χ1v) is 6.07. The van der Waals surface area contributed by atoms with Crippen LogP contribution in [0.2, 0.25) is 0 Å². The lowest BCUT2D eigenvalue weighted by molar-refractivity contribution is -0.125. The van der Waals surface area contributed by atoms with Crippen LogP contribution in [0.15, 0.2) is 16.6 Å². The molecule has 3 nitrogen and oxygen atoms in total. The van der Waals surface area contributed by atoms with Gasteiger partial charge in [-0.05, 0) is 42.8 Å². The SMILES string of the molecule is CC(C)(C)OCC(=O)Nc1cc(F)c(Br)cc1F. The van der Waals surface area contributed by atoms with E-state index in [1.807, 2.05) is 0 Å². The molecule has 100 valence electrons. The Hall–Kier alpha value is -1.01. The Balaban J connectivity index is 2.68. The molecule has 0 aliphatic heterocycles. The molecule has 6 heteroatoms. The first-order chi connectivity index (χ1) is 8.19. The number of carbonyl (C=O) groups excluding carboxylic acids is 1. The molecule has 1 aromatic rings. The van der Waals surface area contributed by atoms with Crippen molar-refractivity contribution in [1.29, 1.82) is 0 Å². The van der Waals surface area contributed by atoms with Crippen LogP contribution < -0.4 is 5.32 Å². The minimum atomic E-state index is -0.715. The van der Waals surface area contributed by atoms with Crippen LogP contribution in [-0.2, 0) is 9.53 Å². The van der Waals surface area contributed by atoms with Crippen molar-refractivity contribution in [1.82, 2.24) is 0 Å². The first kappa shape index (κ1) is 15.0. The lowest BCUT2D eigenvalue weighted by atomic mass is 10.2. The van der Waals surface area contributed by atoms with Crippen molar-refractivity contribution in [3.05, 3.63) is 28.2 Å². The van der Waals surface area contributed by atoms with Gasteiger partial charge in [-0.1, -0.05) is 0 Å². The molecule has 18 heavy (non-hydrogen) atoms. The summed E-state index contributed by atoms with van der Waals surface area (Å²) in [7, 11) is 0. The Morgan fingerprint density at radius 3 is 2.50 bits per heavy atom. The number of hydrogen-bond donors (Lipinski definition) is 1. The quantitative estimate of drug-likeness (QED) is 0.865. The van der Waals surface area contributed by atoms with E-state index in [1.165, 1.54) is 0 Å². The molecule has 0 atom stereocenters. The monoisotopic (exact) mass is 321 g/mol. The highest BCUT2D eigenvalue weighted by Gasteiger charge is 2.15. The highest BCUT2D eigenvalue weighted by atomic mass is 79.9. The Kier molecular flexibility index (Phi) is 4.81. The number of rotatable bonds is 3. The number of ether oxygens (including phenoxy) is 1. The number of hydrogen-bond acceptors (Lipinski definition) is 2. The second-order valence-electron chi connectivity index (χ2n) is 4.70. The van der Waals surface area contributed by atoms with E-state index in [0.717, 1.165) is 12.1 Å². The van der Waals surface area contributed by atoms with Crippen LogP contribution in [-0.4, -0.2) is 18.1 Å². The van der Waals surface area contributed by atoms with Gasteiger partial charge in [0.1, 0.15) is 18.2 Å². The third kappa shape index (κ3) is 4.70. The van der Waals surface area contributed by atoms with Gasteiger partial charge in [0.25, 0.3) is 0 Å². The molecular formula is C12H14BrF2NO2. The van der Waals surface area contributed by atoms with E-state index < -0.39 is 23.1 Å². The molecular weight excluding hydrogens is 308 g/mol. The normalized spacial score (nSPS) is 11.4. The largest absolute Gasteiger partial charge is 0.366 e. The number of nitrogens with one attached hydrogen (secondary N) is 1. The standard InChI is InChI=1S/C12H14BrF2NO2/c1-12(2,3)18-6-11(17)16-10-5-8(14)7(13)4-9(10)15/h4-5H,6H2,1-3H3,(H,16,17). The Morgan fingerprint density at radius 2 is 1.94 bits per heavy atom. The van der Waals surface area contributed by atoms with Gasteiger partial charge in [0, 0.05) is 6.07 Å². The summed E-state index contributed by atoms with van der Waals surface area (Å²) in [6.45, 7) is 5.15. The van der Waals surface area contributed by atoms with E-state index in [9.17, 15) is 13.6 Å². The lowest BCUT2D eigenvalue weighted by Gasteiger charge is -2.19. The van der Waals surface area contributed by atoms with Gasteiger partial charge in [-0.25, -0.2) is 8.78 Å². The van der Waals surface area contributed by atoms with Crippen molar-refractivity contribution in [3.8, 4) is 0 Å². The Labute approximate surface area is 113 Å². The van der Waals surface area contributed by atoms with Crippen molar-refractivity contribution in [2.45, 2.75) is 26.4 Å². The van der Waals surface area contributed by atoms with Gasteiger partial charge in [0.2, 0.25) is 5.91 Å². The summed E-state index contributed by atoms with van der Waals surface area (Å²) in [4.78, 5) is 11.5. The van der Waals surface area contributed by atoms with Gasteiger partial charge in [0.15, 0.2) is 0 Å². The number of amides is 1. The van der Waals surface area contributed by atoms with E-state index >= 15 is 0 Å². The number of benzene rings is 1. The fourth-order valence-corrected chi connectivity index (χ4v) is 1.40. The summed E-state index contributed by atoms with van der Waals surface area (Å²) >= 11 is 2.85. The van der Waals surface area contributed by atoms with Crippen LogP contribution >= 0.6 is 15.9 Å². The van der Waals surface area contributed by atoms with Crippen LogP contribution in [0.3, 0.4) is 0 Å². The van der Waals surface area contributed by atoms with E-state index in [4.69, 9.17) is 4.74 Å². The van der Waals surface area contributed by atoms with Gasteiger partial charge >= 0.3 is 0 Å². The number of anilines is 1. The summed E-state index contributed by atoms with van der Waals surface area (Å²) in [5, 5.41) is 2.25. The summed E-state index contributed by atoms with van der Waals surface area (Å²) in [5.41, 5.74) is -0.681. The van der Waals surface area contributed by atoms with Gasteiger partial charge in [-0.3, -0.25) is 4.79 Å². The van der Waals surface area contributed by atoms with Crippen molar-refractivity contribution < 1.29 is 18.3 Å². The molecule has 1 N–H and O–H groups in total. The zero-order valence-corrected chi connectivity index (χ0v) is 11.9. The van der Waals surface area contributed by atoms with Gasteiger partial charge < -0.3 is 10.1 Å². The third-order valence-electron chi connectivity index (χ3n) is 1.92. The first-order valence-electron chi connectivity index (χ1n) is 5.27. The smallest absolute Gasteiger partial charge is 0.250 e.